The zero-order valence-corrected chi connectivity index (χ0v) is 10.7. The summed E-state index contributed by atoms with van der Waals surface area (Å²) < 4.78 is 0. The van der Waals surface area contributed by atoms with Gasteiger partial charge in [-0.15, -0.1) is 0 Å². The van der Waals surface area contributed by atoms with Crippen LogP contribution in [-0.2, 0) is 0 Å². The van der Waals surface area contributed by atoms with Gasteiger partial charge in [-0.05, 0) is 43.5 Å². The quantitative estimate of drug-likeness (QED) is 0.342. The van der Waals surface area contributed by atoms with Gasteiger partial charge in [0.2, 0.25) is 5.11 Å². The van der Waals surface area contributed by atoms with E-state index in [0.717, 1.165) is 5.69 Å². The normalized spacial score (nSPS) is 10.5. The smallest absolute Gasteiger partial charge is 0.205 e. The predicted octanol–water partition coefficient (Wildman–Crippen LogP) is 0.0179. The summed E-state index contributed by atoms with van der Waals surface area (Å²) in [6, 6.07) is 5.57. The molecule has 0 aromatic carbocycles. The third-order valence-electron chi connectivity index (χ3n) is 1.66. The van der Waals surface area contributed by atoms with Gasteiger partial charge in [-0.3, -0.25) is 21.3 Å². The fourth-order valence-corrected chi connectivity index (χ4v) is 1.06. The van der Waals surface area contributed by atoms with Crippen molar-refractivity contribution in [2.75, 3.05) is 0 Å². The third-order valence-corrected chi connectivity index (χ3v) is 1.96. The lowest BCUT2D eigenvalue weighted by molar-refractivity contribution is 0.830. The van der Waals surface area contributed by atoms with Gasteiger partial charge in [-0.2, -0.15) is 5.10 Å². The van der Waals surface area contributed by atoms with E-state index in [2.05, 4.69) is 38.6 Å². The van der Waals surface area contributed by atoms with Crippen LogP contribution in [0.4, 0.5) is 0 Å². The minimum Gasteiger partial charge on any atom is -0.375 e. The van der Waals surface area contributed by atoms with Gasteiger partial charge in [-0.1, -0.05) is 6.07 Å². The number of hydrazine groups is 1. The number of hydrazone groups is 1. The van der Waals surface area contributed by atoms with Gasteiger partial charge in [0, 0.05) is 6.20 Å². The molecule has 6 nitrogen and oxygen atoms in total. The molecular weight excluding hydrogens is 256 g/mol. The molecule has 0 fully saturated rings. The predicted molar refractivity (Wildman–Crippen MR) is 75.2 cm³/mol. The number of hydrogen-bond donors (Lipinski definition) is 4. The van der Waals surface area contributed by atoms with Crippen LogP contribution < -0.4 is 22.0 Å². The van der Waals surface area contributed by atoms with Crippen LogP contribution >= 0.6 is 24.4 Å². The average molecular weight is 268 g/mol. The Morgan fingerprint density at radius 2 is 2.12 bits per heavy atom. The lowest BCUT2D eigenvalue weighted by Gasteiger charge is -2.08. The third kappa shape index (κ3) is 5.18. The molecule has 1 aromatic heterocycles. The molecule has 0 atom stereocenters. The summed E-state index contributed by atoms with van der Waals surface area (Å²) in [6.07, 6.45) is 1.69. The second-order valence-electron chi connectivity index (χ2n) is 2.97. The number of hydrogen-bond acceptors (Lipinski definition) is 4. The number of nitrogens with two attached hydrogens (primary N) is 1. The molecular formula is C9H12N6S2. The Hall–Kier alpha value is -1.80. The largest absolute Gasteiger partial charge is 0.375 e. The molecule has 0 aliphatic rings. The highest BCUT2D eigenvalue weighted by Gasteiger charge is 1.98. The molecule has 8 heteroatoms. The lowest BCUT2D eigenvalue weighted by atomic mass is 10.3. The molecule has 5 N–H and O–H groups in total. The minimum atomic E-state index is 0.0968. The van der Waals surface area contributed by atoms with E-state index >= 15 is 0 Å². The van der Waals surface area contributed by atoms with Crippen molar-refractivity contribution in [2.24, 2.45) is 10.8 Å². The molecule has 1 aromatic rings. The zero-order chi connectivity index (χ0) is 12.7. The molecule has 1 rings (SSSR count). The zero-order valence-electron chi connectivity index (χ0n) is 9.10. The SMILES string of the molecule is C/C(=N\NC(=S)NNC(N)=S)c1ccccn1. The fraction of sp³-hybridized carbons (Fsp3) is 0.111. The molecule has 0 saturated heterocycles. The Balaban J connectivity index is 2.48. The first-order valence-electron chi connectivity index (χ1n) is 4.66. The Kier molecular flexibility index (Phi) is 5.24. The molecule has 0 saturated carbocycles. The summed E-state index contributed by atoms with van der Waals surface area (Å²) in [5.74, 6) is 0. The summed E-state index contributed by atoms with van der Waals surface area (Å²) in [5, 5.41) is 4.40. The lowest BCUT2D eigenvalue weighted by Crippen LogP contribution is -2.47. The Bertz CT molecular complexity index is 430. The first kappa shape index (κ1) is 13.3. The van der Waals surface area contributed by atoms with Crippen LogP contribution in [-0.4, -0.2) is 20.9 Å². The molecule has 0 unspecified atom stereocenters. The molecule has 0 spiro atoms. The molecule has 1 heterocycles. The van der Waals surface area contributed by atoms with E-state index in [-0.39, 0.29) is 10.2 Å². The van der Waals surface area contributed by atoms with Crippen molar-refractivity contribution in [1.82, 2.24) is 21.3 Å². The molecule has 90 valence electrons. The van der Waals surface area contributed by atoms with E-state index in [4.69, 9.17) is 18.0 Å². The van der Waals surface area contributed by atoms with Gasteiger partial charge in [0.15, 0.2) is 5.11 Å². The topological polar surface area (TPSA) is 87.4 Å². The van der Waals surface area contributed by atoms with Gasteiger partial charge in [0.25, 0.3) is 0 Å². The van der Waals surface area contributed by atoms with Crippen LogP contribution in [0.15, 0.2) is 29.5 Å². The van der Waals surface area contributed by atoms with Gasteiger partial charge < -0.3 is 5.73 Å². The number of aromatic nitrogens is 1. The number of pyridine rings is 1. The van der Waals surface area contributed by atoms with Crippen LogP contribution in [0.3, 0.4) is 0 Å². The summed E-state index contributed by atoms with van der Waals surface area (Å²) in [4.78, 5) is 4.14. The van der Waals surface area contributed by atoms with Crippen LogP contribution in [0.5, 0.6) is 0 Å². The van der Waals surface area contributed by atoms with Crippen molar-refractivity contribution >= 4 is 40.4 Å². The van der Waals surface area contributed by atoms with Crippen LogP contribution in [0.25, 0.3) is 0 Å². The van der Waals surface area contributed by atoms with Crippen molar-refractivity contribution in [2.45, 2.75) is 6.92 Å². The van der Waals surface area contributed by atoms with Crippen LogP contribution in [0.2, 0.25) is 0 Å². The maximum Gasteiger partial charge on any atom is 0.205 e. The number of thiocarbonyl (C=S) groups is 2. The first-order valence-corrected chi connectivity index (χ1v) is 5.48. The monoisotopic (exact) mass is 268 g/mol. The highest BCUT2D eigenvalue weighted by atomic mass is 32.1. The van der Waals surface area contributed by atoms with Gasteiger partial charge in [-0.25, -0.2) is 0 Å². The highest BCUT2D eigenvalue weighted by Crippen LogP contribution is 1.94. The average Bonchev–Trinajstić information content (AvgIpc) is 2.34. The Morgan fingerprint density at radius 3 is 2.71 bits per heavy atom. The summed E-state index contributed by atoms with van der Waals surface area (Å²) in [6.45, 7) is 1.82. The summed E-state index contributed by atoms with van der Waals surface area (Å²) >= 11 is 9.51. The molecule has 17 heavy (non-hydrogen) atoms. The van der Waals surface area contributed by atoms with Gasteiger partial charge >= 0.3 is 0 Å². The molecule has 0 bridgehead atoms. The number of rotatable bonds is 2. The van der Waals surface area contributed by atoms with Crippen molar-refractivity contribution < 1.29 is 0 Å². The van der Waals surface area contributed by atoms with Gasteiger partial charge in [0.05, 0.1) is 11.4 Å². The summed E-state index contributed by atoms with van der Waals surface area (Å²) in [5.41, 5.74) is 14.4. The number of nitrogens with one attached hydrogen (secondary N) is 3. The van der Waals surface area contributed by atoms with Crippen molar-refractivity contribution in [1.29, 1.82) is 0 Å². The molecule has 0 aliphatic heterocycles. The maximum absolute atomic E-state index is 5.21. The molecule has 0 amide bonds. The highest BCUT2D eigenvalue weighted by molar-refractivity contribution is 7.80. The van der Waals surface area contributed by atoms with Crippen LogP contribution in [0.1, 0.15) is 12.6 Å². The Labute approximate surface area is 110 Å². The van der Waals surface area contributed by atoms with E-state index < -0.39 is 0 Å². The number of nitrogens with zero attached hydrogens (tertiary/aromatic N) is 2. The molecule has 0 aliphatic carbocycles. The van der Waals surface area contributed by atoms with E-state index in [1.165, 1.54) is 0 Å². The molecule has 0 radical (unpaired) electrons. The standard InChI is InChI=1S/C9H12N6S2/c1-6(7-4-2-3-5-11-7)12-14-9(17)15-13-8(10)16/h2-5H,1H3,(H3,10,13,16)(H2,14,15,17)/b12-6+. The first-order chi connectivity index (χ1) is 8.09. The minimum absolute atomic E-state index is 0.0968. The van der Waals surface area contributed by atoms with E-state index in [0.29, 0.717) is 5.71 Å². The van der Waals surface area contributed by atoms with Gasteiger partial charge in [0.1, 0.15) is 0 Å². The summed E-state index contributed by atoms with van der Waals surface area (Å²) in [7, 11) is 0. The Morgan fingerprint density at radius 1 is 1.35 bits per heavy atom. The fourth-order valence-electron chi connectivity index (χ4n) is 0.915. The van der Waals surface area contributed by atoms with E-state index in [1.807, 2.05) is 25.1 Å². The van der Waals surface area contributed by atoms with Crippen LogP contribution in [0, 0.1) is 0 Å². The van der Waals surface area contributed by atoms with Crippen molar-refractivity contribution in [3.8, 4) is 0 Å². The van der Waals surface area contributed by atoms with E-state index in [9.17, 15) is 0 Å². The second-order valence-corrected chi connectivity index (χ2v) is 3.82. The van der Waals surface area contributed by atoms with Crippen molar-refractivity contribution in [3.05, 3.63) is 30.1 Å². The van der Waals surface area contributed by atoms with E-state index in [1.54, 1.807) is 6.20 Å². The second kappa shape index (κ2) is 6.71. The maximum atomic E-state index is 5.21. The van der Waals surface area contributed by atoms with Crippen molar-refractivity contribution in [3.63, 3.8) is 0 Å².